The summed E-state index contributed by atoms with van der Waals surface area (Å²) in [5.74, 6) is 2.23. The van der Waals surface area contributed by atoms with Crippen LogP contribution in [0.15, 0.2) is 24.3 Å². The lowest BCUT2D eigenvalue weighted by molar-refractivity contribution is 0.134. The number of nitrogens with one attached hydrogen (secondary N) is 1. The van der Waals surface area contributed by atoms with Crippen molar-refractivity contribution in [1.29, 1.82) is 0 Å². The monoisotopic (exact) mass is 343 g/mol. The summed E-state index contributed by atoms with van der Waals surface area (Å²) in [7, 11) is 0. The van der Waals surface area contributed by atoms with Gasteiger partial charge in [0.2, 0.25) is 0 Å². The molecule has 2 fully saturated rings. The van der Waals surface area contributed by atoms with Gasteiger partial charge in [-0.15, -0.1) is 0 Å². The van der Waals surface area contributed by atoms with Crippen molar-refractivity contribution in [2.75, 3.05) is 26.2 Å². The van der Waals surface area contributed by atoms with Crippen LogP contribution in [0.5, 0.6) is 0 Å². The topological polar surface area (TPSA) is 35.6 Å². The summed E-state index contributed by atoms with van der Waals surface area (Å²) in [4.78, 5) is 16.7. The average molecular weight is 344 g/mol. The first-order valence-electron chi connectivity index (χ1n) is 9.82. The molecule has 3 rings (SSSR count). The van der Waals surface area contributed by atoms with E-state index < -0.39 is 0 Å². The molecule has 1 aromatic rings. The van der Waals surface area contributed by atoms with Crippen LogP contribution >= 0.6 is 0 Å². The van der Waals surface area contributed by atoms with Crippen molar-refractivity contribution in [2.24, 2.45) is 17.8 Å². The van der Waals surface area contributed by atoms with E-state index in [1.165, 1.54) is 30.6 Å². The van der Waals surface area contributed by atoms with E-state index in [0.29, 0.717) is 12.5 Å². The number of benzene rings is 1. The molecule has 0 aromatic heterocycles. The van der Waals surface area contributed by atoms with Gasteiger partial charge in [0.05, 0.1) is 0 Å². The van der Waals surface area contributed by atoms with Crippen LogP contribution in [0, 0.1) is 17.8 Å². The molecular formula is C21H33N3O. The van der Waals surface area contributed by atoms with Crippen molar-refractivity contribution in [3.05, 3.63) is 35.4 Å². The highest BCUT2D eigenvalue weighted by molar-refractivity contribution is 5.74. The van der Waals surface area contributed by atoms with Crippen molar-refractivity contribution in [3.63, 3.8) is 0 Å². The Morgan fingerprint density at radius 2 is 1.64 bits per heavy atom. The minimum absolute atomic E-state index is 0.0738. The summed E-state index contributed by atoms with van der Waals surface area (Å²) in [5.41, 5.74) is 2.54. The van der Waals surface area contributed by atoms with Crippen LogP contribution < -0.4 is 5.32 Å². The number of rotatable bonds is 4. The van der Waals surface area contributed by atoms with E-state index in [1.54, 1.807) is 0 Å². The second-order valence-corrected chi connectivity index (χ2v) is 8.46. The zero-order valence-corrected chi connectivity index (χ0v) is 16.0. The van der Waals surface area contributed by atoms with E-state index >= 15 is 0 Å². The van der Waals surface area contributed by atoms with Gasteiger partial charge in [-0.2, -0.15) is 0 Å². The quantitative estimate of drug-likeness (QED) is 0.904. The lowest BCUT2D eigenvalue weighted by Gasteiger charge is -2.35. The lowest BCUT2D eigenvalue weighted by atomic mass is 9.91. The molecule has 1 aromatic carbocycles. The molecule has 2 amide bonds. The molecule has 25 heavy (non-hydrogen) atoms. The first-order valence-corrected chi connectivity index (χ1v) is 9.82. The fraction of sp³-hybridized carbons (Fsp3) is 0.667. The Kier molecular flexibility index (Phi) is 6.00. The summed E-state index contributed by atoms with van der Waals surface area (Å²) in [6.45, 7) is 12.7. The van der Waals surface area contributed by atoms with Crippen molar-refractivity contribution in [3.8, 4) is 0 Å². The van der Waals surface area contributed by atoms with Crippen molar-refractivity contribution in [2.45, 2.75) is 46.7 Å². The molecule has 4 heteroatoms. The Morgan fingerprint density at radius 1 is 1.00 bits per heavy atom. The Balaban J connectivity index is 1.46. The molecule has 2 saturated heterocycles. The second kappa shape index (κ2) is 8.22. The molecule has 0 radical (unpaired) electrons. The normalized spacial score (nSPS) is 27.5. The number of hydrogen-bond donors (Lipinski definition) is 1. The van der Waals surface area contributed by atoms with Gasteiger partial charge in [0, 0.05) is 39.3 Å². The average Bonchev–Trinajstić information content (AvgIpc) is 2.99. The van der Waals surface area contributed by atoms with Gasteiger partial charge in [0.15, 0.2) is 0 Å². The van der Waals surface area contributed by atoms with E-state index in [0.717, 1.165) is 37.9 Å². The molecule has 2 aliphatic heterocycles. The smallest absolute Gasteiger partial charge is 0.317 e. The third-order valence-corrected chi connectivity index (χ3v) is 5.53. The first-order chi connectivity index (χ1) is 12.0. The van der Waals surface area contributed by atoms with Crippen LogP contribution in [0.4, 0.5) is 4.79 Å². The molecular weight excluding hydrogens is 310 g/mol. The number of carbonyl (C=O) groups is 1. The molecule has 0 saturated carbocycles. The van der Waals surface area contributed by atoms with Crippen LogP contribution in [0.25, 0.3) is 0 Å². The van der Waals surface area contributed by atoms with Crippen molar-refractivity contribution < 1.29 is 4.79 Å². The van der Waals surface area contributed by atoms with E-state index in [-0.39, 0.29) is 6.03 Å². The minimum Gasteiger partial charge on any atom is -0.334 e. The largest absolute Gasteiger partial charge is 0.334 e. The van der Waals surface area contributed by atoms with E-state index in [4.69, 9.17) is 0 Å². The Bertz CT molecular complexity index is 561. The number of urea groups is 1. The summed E-state index contributed by atoms with van der Waals surface area (Å²) in [5, 5.41) is 3.05. The first kappa shape index (κ1) is 18.2. The van der Waals surface area contributed by atoms with Crippen molar-refractivity contribution >= 4 is 6.03 Å². The Labute approximate surface area is 152 Å². The molecule has 3 atom stereocenters. The zero-order valence-electron chi connectivity index (χ0n) is 16.0. The SMILES string of the molecule is CC1CC(C)CN(Cc2ccc(CNC(=O)N3CCC(C)C3)cc2)C1. The third-order valence-electron chi connectivity index (χ3n) is 5.53. The number of hydrogen-bond acceptors (Lipinski definition) is 2. The van der Waals surface area contributed by atoms with Crippen LogP contribution in [0.3, 0.4) is 0 Å². The maximum atomic E-state index is 12.2. The minimum atomic E-state index is 0.0738. The van der Waals surface area contributed by atoms with Crippen LogP contribution in [-0.2, 0) is 13.1 Å². The number of amides is 2. The number of likely N-dealkylation sites (tertiary alicyclic amines) is 2. The molecule has 138 valence electrons. The third kappa shape index (κ3) is 5.21. The molecule has 0 bridgehead atoms. The fourth-order valence-electron chi connectivity index (χ4n) is 4.35. The van der Waals surface area contributed by atoms with Gasteiger partial charge in [0.1, 0.15) is 0 Å². The van der Waals surface area contributed by atoms with Gasteiger partial charge >= 0.3 is 6.03 Å². The molecule has 2 heterocycles. The molecule has 4 nitrogen and oxygen atoms in total. The molecule has 3 unspecified atom stereocenters. The molecule has 2 aliphatic rings. The van der Waals surface area contributed by atoms with Gasteiger partial charge in [-0.1, -0.05) is 45.0 Å². The van der Waals surface area contributed by atoms with Gasteiger partial charge in [0.25, 0.3) is 0 Å². The van der Waals surface area contributed by atoms with E-state index in [2.05, 4.69) is 55.3 Å². The predicted octanol–water partition coefficient (Wildman–Crippen LogP) is 3.72. The maximum absolute atomic E-state index is 12.2. The summed E-state index contributed by atoms with van der Waals surface area (Å²) < 4.78 is 0. The maximum Gasteiger partial charge on any atom is 0.317 e. The van der Waals surface area contributed by atoms with E-state index in [9.17, 15) is 4.79 Å². The van der Waals surface area contributed by atoms with Gasteiger partial charge in [-0.3, -0.25) is 4.90 Å². The summed E-state index contributed by atoms with van der Waals surface area (Å²) in [6, 6.07) is 8.80. The summed E-state index contributed by atoms with van der Waals surface area (Å²) in [6.07, 6.45) is 2.47. The number of carbonyl (C=O) groups excluding carboxylic acids is 1. The highest BCUT2D eigenvalue weighted by atomic mass is 16.2. The second-order valence-electron chi connectivity index (χ2n) is 8.46. The Morgan fingerprint density at radius 3 is 2.24 bits per heavy atom. The number of piperidine rings is 1. The van der Waals surface area contributed by atoms with Gasteiger partial charge in [-0.25, -0.2) is 4.79 Å². The Hall–Kier alpha value is -1.55. The summed E-state index contributed by atoms with van der Waals surface area (Å²) >= 11 is 0. The van der Waals surface area contributed by atoms with Gasteiger partial charge in [-0.05, 0) is 41.7 Å². The zero-order chi connectivity index (χ0) is 17.8. The van der Waals surface area contributed by atoms with Crippen LogP contribution in [0.2, 0.25) is 0 Å². The molecule has 0 spiro atoms. The van der Waals surface area contributed by atoms with Crippen LogP contribution in [0.1, 0.15) is 44.7 Å². The highest BCUT2D eigenvalue weighted by Crippen LogP contribution is 2.22. The van der Waals surface area contributed by atoms with Crippen molar-refractivity contribution in [1.82, 2.24) is 15.1 Å². The molecule has 1 N–H and O–H groups in total. The fourth-order valence-corrected chi connectivity index (χ4v) is 4.35. The lowest BCUT2D eigenvalue weighted by Crippen LogP contribution is -2.38. The molecule has 0 aliphatic carbocycles. The van der Waals surface area contributed by atoms with E-state index in [1.807, 2.05) is 4.90 Å². The van der Waals surface area contributed by atoms with Crippen LogP contribution in [-0.4, -0.2) is 42.0 Å². The van der Waals surface area contributed by atoms with Gasteiger partial charge < -0.3 is 10.2 Å². The standard InChI is InChI=1S/C21H33N3O/c1-16-8-9-24(14-16)21(25)22-11-19-4-6-20(7-5-19)15-23-12-17(2)10-18(3)13-23/h4-7,16-18H,8-15H2,1-3H3,(H,22,25). The predicted molar refractivity (Wildman–Crippen MR) is 102 cm³/mol. The number of nitrogens with zero attached hydrogens (tertiary/aromatic N) is 2. The highest BCUT2D eigenvalue weighted by Gasteiger charge is 2.23.